The molecule has 0 heterocycles. The molecular formula is C17H34N2. The van der Waals surface area contributed by atoms with Gasteiger partial charge < -0.3 is 5.73 Å². The molecule has 2 aliphatic carbocycles. The van der Waals surface area contributed by atoms with E-state index in [1.807, 2.05) is 0 Å². The molecule has 0 spiro atoms. The van der Waals surface area contributed by atoms with Gasteiger partial charge in [0.05, 0.1) is 0 Å². The first-order chi connectivity index (χ1) is 9.30. The molecule has 0 aromatic rings. The summed E-state index contributed by atoms with van der Waals surface area (Å²) in [5, 5.41) is 0. The predicted octanol–water partition coefficient (Wildman–Crippen LogP) is 3.79. The maximum Gasteiger partial charge on any atom is 0.0141 e. The highest BCUT2D eigenvalue weighted by Gasteiger charge is 2.36. The van der Waals surface area contributed by atoms with Gasteiger partial charge in [0.1, 0.15) is 0 Å². The van der Waals surface area contributed by atoms with Crippen molar-refractivity contribution in [2.75, 3.05) is 13.1 Å². The Morgan fingerprint density at radius 3 is 2.37 bits per heavy atom. The van der Waals surface area contributed by atoms with E-state index in [9.17, 15) is 0 Å². The molecule has 2 fully saturated rings. The van der Waals surface area contributed by atoms with Gasteiger partial charge in [0.15, 0.2) is 0 Å². The number of hydrogen-bond acceptors (Lipinski definition) is 2. The lowest BCUT2D eigenvalue weighted by Crippen LogP contribution is -2.50. The Balaban J connectivity index is 2.02. The van der Waals surface area contributed by atoms with Crippen molar-refractivity contribution in [2.45, 2.75) is 83.7 Å². The monoisotopic (exact) mass is 266 g/mol. The average Bonchev–Trinajstić information content (AvgIpc) is 2.94. The Morgan fingerprint density at radius 1 is 1.05 bits per heavy atom. The lowest BCUT2D eigenvalue weighted by molar-refractivity contribution is 0.0506. The fourth-order valence-corrected chi connectivity index (χ4v) is 4.64. The van der Waals surface area contributed by atoms with Gasteiger partial charge in [0.25, 0.3) is 0 Å². The highest BCUT2D eigenvalue weighted by Crippen LogP contribution is 2.37. The van der Waals surface area contributed by atoms with E-state index in [0.29, 0.717) is 0 Å². The normalized spacial score (nSPS) is 33.2. The van der Waals surface area contributed by atoms with Crippen molar-refractivity contribution >= 4 is 0 Å². The Hall–Kier alpha value is -0.0800. The second kappa shape index (κ2) is 7.64. The van der Waals surface area contributed by atoms with Crippen LogP contribution in [0, 0.1) is 11.8 Å². The van der Waals surface area contributed by atoms with E-state index >= 15 is 0 Å². The SMILES string of the molecule is CCCC1CCC(CN)C(N(CC)C2CCCC2)C1. The molecule has 0 aromatic heterocycles. The van der Waals surface area contributed by atoms with E-state index < -0.39 is 0 Å². The molecule has 3 atom stereocenters. The van der Waals surface area contributed by atoms with E-state index in [1.165, 1.54) is 64.3 Å². The van der Waals surface area contributed by atoms with Crippen LogP contribution in [-0.4, -0.2) is 30.1 Å². The second-order valence-electron chi connectivity index (χ2n) is 6.80. The quantitative estimate of drug-likeness (QED) is 0.792. The molecule has 19 heavy (non-hydrogen) atoms. The highest BCUT2D eigenvalue weighted by atomic mass is 15.2. The highest BCUT2D eigenvalue weighted by molar-refractivity contribution is 4.91. The summed E-state index contributed by atoms with van der Waals surface area (Å²) in [5.74, 6) is 1.72. The van der Waals surface area contributed by atoms with Gasteiger partial charge in [0.2, 0.25) is 0 Å². The smallest absolute Gasteiger partial charge is 0.0141 e. The first-order valence-corrected chi connectivity index (χ1v) is 8.75. The van der Waals surface area contributed by atoms with Crippen molar-refractivity contribution in [1.82, 2.24) is 4.90 Å². The minimum absolute atomic E-state index is 0.758. The fourth-order valence-electron chi connectivity index (χ4n) is 4.64. The molecule has 0 radical (unpaired) electrons. The number of nitrogens with zero attached hydrogens (tertiary/aromatic N) is 1. The molecule has 112 valence electrons. The summed E-state index contributed by atoms with van der Waals surface area (Å²) >= 11 is 0. The van der Waals surface area contributed by atoms with Gasteiger partial charge in [-0.05, 0) is 50.6 Å². The molecule has 0 amide bonds. The van der Waals surface area contributed by atoms with Crippen LogP contribution in [0.1, 0.15) is 71.6 Å². The van der Waals surface area contributed by atoms with E-state index in [2.05, 4.69) is 18.7 Å². The Kier molecular flexibility index (Phi) is 6.15. The number of nitrogens with two attached hydrogens (primary N) is 1. The van der Waals surface area contributed by atoms with Crippen molar-refractivity contribution in [3.05, 3.63) is 0 Å². The van der Waals surface area contributed by atoms with Gasteiger partial charge in [-0.1, -0.05) is 46.0 Å². The molecule has 2 saturated carbocycles. The van der Waals surface area contributed by atoms with Gasteiger partial charge >= 0.3 is 0 Å². The lowest BCUT2D eigenvalue weighted by Gasteiger charge is -2.45. The fraction of sp³-hybridized carbons (Fsp3) is 1.00. The van der Waals surface area contributed by atoms with Crippen LogP contribution in [0.4, 0.5) is 0 Å². The maximum atomic E-state index is 6.08. The Morgan fingerprint density at radius 2 is 1.79 bits per heavy atom. The van der Waals surface area contributed by atoms with Gasteiger partial charge in [-0.2, -0.15) is 0 Å². The van der Waals surface area contributed by atoms with Crippen LogP contribution >= 0.6 is 0 Å². The van der Waals surface area contributed by atoms with Crippen molar-refractivity contribution in [1.29, 1.82) is 0 Å². The van der Waals surface area contributed by atoms with Crippen LogP contribution < -0.4 is 5.73 Å². The summed E-state index contributed by atoms with van der Waals surface area (Å²) in [6.45, 7) is 6.81. The van der Waals surface area contributed by atoms with E-state index in [4.69, 9.17) is 5.73 Å². The summed E-state index contributed by atoms with van der Waals surface area (Å²) in [6, 6.07) is 1.65. The molecule has 0 bridgehead atoms. The molecule has 0 aliphatic heterocycles. The lowest BCUT2D eigenvalue weighted by atomic mass is 9.75. The van der Waals surface area contributed by atoms with Crippen molar-refractivity contribution < 1.29 is 0 Å². The summed E-state index contributed by atoms with van der Waals surface area (Å²) in [5.41, 5.74) is 6.08. The third kappa shape index (κ3) is 3.72. The van der Waals surface area contributed by atoms with Gasteiger partial charge in [-0.15, -0.1) is 0 Å². The van der Waals surface area contributed by atoms with Crippen molar-refractivity contribution in [2.24, 2.45) is 17.6 Å². The van der Waals surface area contributed by atoms with Gasteiger partial charge in [0, 0.05) is 12.1 Å². The molecule has 0 aromatic carbocycles. The van der Waals surface area contributed by atoms with E-state index in [1.54, 1.807) is 0 Å². The molecular weight excluding hydrogens is 232 g/mol. The Labute approximate surface area is 120 Å². The minimum atomic E-state index is 0.758. The van der Waals surface area contributed by atoms with Crippen molar-refractivity contribution in [3.8, 4) is 0 Å². The third-order valence-corrected chi connectivity index (χ3v) is 5.65. The summed E-state index contributed by atoms with van der Waals surface area (Å²) in [4.78, 5) is 2.84. The molecule has 3 unspecified atom stereocenters. The first kappa shape index (κ1) is 15.3. The number of hydrogen-bond donors (Lipinski definition) is 1. The standard InChI is InChI=1S/C17H34N2/c1-3-7-14-10-11-15(13-18)17(12-14)19(4-2)16-8-5-6-9-16/h14-17H,3-13,18H2,1-2H3. The third-order valence-electron chi connectivity index (χ3n) is 5.65. The van der Waals surface area contributed by atoms with Crippen LogP contribution in [0.25, 0.3) is 0 Å². The molecule has 2 rings (SSSR count). The van der Waals surface area contributed by atoms with Crippen LogP contribution in [-0.2, 0) is 0 Å². The molecule has 2 aliphatic rings. The zero-order valence-corrected chi connectivity index (χ0v) is 13.1. The average molecular weight is 266 g/mol. The maximum absolute atomic E-state index is 6.08. The largest absolute Gasteiger partial charge is 0.330 e. The first-order valence-electron chi connectivity index (χ1n) is 8.75. The molecule has 0 saturated heterocycles. The summed E-state index contributed by atoms with van der Waals surface area (Å²) < 4.78 is 0. The van der Waals surface area contributed by atoms with Crippen LogP contribution in [0.3, 0.4) is 0 Å². The van der Waals surface area contributed by atoms with Gasteiger partial charge in [-0.3, -0.25) is 4.90 Å². The van der Waals surface area contributed by atoms with Crippen LogP contribution in [0.15, 0.2) is 0 Å². The molecule has 2 nitrogen and oxygen atoms in total. The predicted molar refractivity (Wildman–Crippen MR) is 83.2 cm³/mol. The van der Waals surface area contributed by atoms with E-state index in [0.717, 1.165) is 30.5 Å². The molecule has 2 heteroatoms. The zero-order valence-electron chi connectivity index (χ0n) is 13.1. The van der Waals surface area contributed by atoms with Crippen LogP contribution in [0.2, 0.25) is 0 Å². The van der Waals surface area contributed by atoms with Crippen LogP contribution in [0.5, 0.6) is 0 Å². The zero-order chi connectivity index (χ0) is 13.7. The number of rotatable bonds is 6. The summed E-state index contributed by atoms with van der Waals surface area (Å²) in [7, 11) is 0. The molecule has 2 N–H and O–H groups in total. The minimum Gasteiger partial charge on any atom is -0.330 e. The van der Waals surface area contributed by atoms with E-state index in [-0.39, 0.29) is 0 Å². The van der Waals surface area contributed by atoms with Gasteiger partial charge in [-0.25, -0.2) is 0 Å². The topological polar surface area (TPSA) is 29.3 Å². The summed E-state index contributed by atoms with van der Waals surface area (Å²) in [6.07, 6.45) is 12.7. The Bertz CT molecular complexity index is 248. The van der Waals surface area contributed by atoms with Crippen molar-refractivity contribution in [3.63, 3.8) is 0 Å². The second-order valence-corrected chi connectivity index (χ2v) is 6.80.